The Bertz CT molecular complexity index is 1320. The van der Waals surface area contributed by atoms with Gasteiger partial charge in [0.1, 0.15) is 13.2 Å². The Hall–Kier alpha value is -3.97. The molecule has 3 aromatic carbocycles. The van der Waals surface area contributed by atoms with Gasteiger partial charge in [-0.15, -0.1) is 0 Å². The maximum atomic E-state index is 13.0. The van der Waals surface area contributed by atoms with Crippen molar-refractivity contribution < 1.29 is 19.1 Å². The van der Waals surface area contributed by atoms with Crippen LogP contribution in [0.1, 0.15) is 23.1 Å². The van der Waals surface area contributed by atoms with Gasteiger partial charge in [0.15, 0.2) is 0 Å². The number of carbonyl (C=O) groups excluding carboxylic acids is 2. The number of piperidine rings is 1. The van der Waals surface area contributed by atoms with Gasteiger partial charge in [0.25, 0.3) is 0 Å². The van der Waals surface area contributed by atoms with E-state index in [0.29, 0.717) is 31.1 Å². The number of benzene rings is 3. The fourth-order valence-electron chi connectivity index (χ4n) is 5.38. The molecule has 7 nitrogen and oxygen atoms in total. The van der Waals surface area contributed by atoms with Crippen LogP contribution in [0.25, 0.3) is 0 Å². The molecule has 8 heteroatoms. The first-order chi connectivity index (χ1) is 18.5. The Morgan fingerprint density at radius 2 is 1.66 bits per heavy atom. The molecule has 0 bridgehead atoms. The molecule has 0 aromatic heterocycles. The lowest BCUT2D eigenvalue weighted by Gasteiger charge is -2.45. The van der Waals surface area contributed by atoms with Crippen molar-refractivity contribution in [1.29, 1.82) is 0 Å². The summed E-state index contributed by atoms with van der Waals surface area (Å²) in [5.41, 5.74) is 4.17. The van der Waals surface area contributed by atoms with Crippen molar-refractivity contribution >= 4 is 29.5 Å². The zero-order valence-corrected chi connectivity index (χ0v) is 21.7. The topological polar surface area (TPSA) is 79.9 Å². The second-order valence-corrected chi connectivity index (χ2v) is 10.1. The van der Waals surface area contributed by atoms with Gasteiger partial charge in [0, 0.05) is 35.8 Å². The van der Waals surface area contributed by atoms with E-state index >= 15 is 0 Å². The smallest absolute Gasteiger partial charge is 0.410 e. The van der Waals surface area contributed by atoms with E-state index in [0.717, 1.165) is 28.0 Å². The standard InChI is InChI=1S/C30H30ClN3O4/c1-21-17-34(29(36)38-20-23-10-6-3-7-11-23)18-27-30(21,25-16-24(31)12-13-26(25)33-27)14-15-32-28(35)37-19-22-8-4-2-5-9-22/h2-13,16,27,33H,1,14-15,17-20H2,(H,32,35)/t27-,30-/m0/s1. The highest BCUT2D eigenvalue weighted by molar-refractivity contribution is 6.30. The van der Waals surface area contributed by atoms with Crippen LogP contribution >= 0.6 is 11.6 Å². The Morgan fingerprint density at radius 3 is 2.34 bits per heavy atom. The van der Waals surface area contributed by atoms with Crippen LogP contribution in [0.15, 0.2) is 91.0 Å². The largest absolute Gasteiger partial charge is 0.445 e. The fourth-order valence-corrected chi connectivity index (χ4v) is 5.55. The van der Waals surface area contributed by atoms with Gasteiger partial charge in [-0.25, -0.2) is 9.59 Å². The molecule has 1 fully saturated rings. The fraction of sp³-hybridized carbons (Fsp3) is 0.267. The molecule has 1 saturated heterocycles. The summed E-state index contributed by atoms with van der Waals surface area (Å²) in [7, 11) is 0. The Labute approximate surface area is 227 Å². The summed E-state index contributed by atoms with van der Waals surface area (Å²) in [4.78, 5) is 27.0. The van der Waals surface area contributed by atoms with Gasteiger partial charge in [-0.1, -0.05) is 78.8 Å². The molecule has 196 valence electrons. The number of halogens is 1. The number of rotatable bonds is 7. The predicted octanol–water partition coefficient (Wildman–Crippen LogP) is 5.90. The summed E-state index contributed by atoms with van der Waals surface area (Å²) in [6, 6.07) is 24.7. The minimum absolute atomic E-state index is 0.149. The van der Waals surface area contributed by atoms with Gasteiger partial charge in [0.2, 0.25) is 0 Å². The summed E-state index contributed by atoms with van der Waals surface area (Å²) in [5, 5.41) is 7.07. The van der Waals surface area contributed by atoms with Gasteiger partial charge in [-0.3, -0.25) is 0 Å². The average molecular weight is 532 g/mol. The summed E-state index contributed by atoms with van der Waals surface area (Å²) >= 11 is 6.40. The van der Waals surface area contributed by atoms with Crippen LogP contribution in [0.2, 0.25) is 5.02 Å². The van der Waals surface area contributed by atoms with E-state index in [1.54, 1.807) is 4.90 Å². The van der Waals surface area contributed by atoms with Gasteiger partial charge >= 0.3 is 12.2 Å². The van der Waals surface area contributed by atoms with Crippen molar-refractivity contribution in [1.82, 2.24) is 10.2 Å². The Balaban J connectivity index is 1.26. The van der Waals surface area contributed by atoms with Crippen molar-refractivity contribution in [3.63, 3.8) is 0 Å². The number of amides is 2. The number of nitrogens with zero attached hydrogens (tertiary/aromatic N) is 1. The van der Waals surface area contributed by atoms with E-state index in [2.05, 4.69) is 17.2 Å². The van der Waals surface area contributed by atoms with Crippen molar-refractivity contribution in [2.75, 3.05) is 25.0 Å². The SMILES string of the molecule is C=C1CN(C(=O)OCc2ccccc2)C[C@@H]2Nc3ccc(Cl)cc3[C@]12CCNC(=O)OCc1ccccc1. The number of nitrogens with one attached hydrogen (secondary N) is 2. The van der Waals surface area contributed by atoms with Gasteiger partial charge in [0.05, 0.1) is 6.04 Å². The molecular weight excluding hydrogens is 502 g/mol. The van der Waals surface area contributed by atoms with Gasteiger partial charge in [-0.05, 0) is 46.9 Å². The van der Waals surface area contributed by atoms with E-state index in [1.807, 2.05) is 78.9 Å². The molecule has 2 atom stereocenters. The third-order valence-electron chi connectivity index (χ3n) is 7.27. The van der Waals surface area contributed by atoms with Crippen molar-refractivity contribution in [2.24, 2.45) is 0 Å². The second kappa shape index (κ2) is 11.2. The van der Waals surface area contributed by atoms with Crippen LogP contribution in [0.4, 0.5) is 15.3 Å². The number of ether oxygens (including phenoxy) is 2. The molecule has 0 spiro atoms. The van der Waals surface area contributed by atoms with Crippen LogP contribution in [0.3, 0.4) is 0 Å². The first-order valence-electron chi connectivity index (χ1n) is 12.6. The quantitative estimate of drug-likeness (QED) is 0.371. The van der Waals surface area contributed by atoms with Crippen molar-refractivity contribution in [3.05, 3.63) is 113 Å². The van der Waals surface area contributed by atoms with Gasteiger partial charge < -0.3 is 25.0 Å². The highest BCUT2D eigenvalue weighted by Crippen LogP contribution is 2.51. The molecule has 2 aliphatic heterocycles. The molecule has 0 saturated carbocycles. The van der Waals surface area contributed by atoms with Gasteiger partial charge in [-0.2, -0.15) is 0 Å². The number of alkyl carbamates (subject to hydrolysis) is 1. The summed E-state index contributed by atoms with van der Waals surface area (Å²) in [5.74, 6) is 0. The molecule has 38 heavy (non-hydrogen) atoms. The van der Waals surface area contributed by atoms with E-state index < -0.39 is 11.5 Å². The maximum Gasteiger partial charge on any atom is 0.410 e. The number of fused-ring (bicyclic) bond motifs is 3. The molecular formula is C30H30ClN3O4. The third kappa shape index (κ3) is 5.34. The predicted molar refractivity (Wildman–Crippen MR) is 147 cm³/mol. The molecule has 0 radical (unpaired) electrons. The minimum atomic E-state index is -0.511. The number of hydrogen-bond donors (Lipinski definition) is 2. The van der Waals surface area contributed by atoms with Crippen molar-refractivity contribution in [2.45, 2.75) is 31.1 Å². The summed E-state index contributed by atoms with van der Waals surface area (Å²) in [6.45, 7) is 5.95. The first kappa shape index (κ1) is 25.7. The first-order valence-corrected chi connectivity index (χ1v) is 13.0. The number of likely N-dealkylation sites (tertiary alicyclic amines) is 1. The molecule has 2 heterocycles. The molecule has 3 aromatic rings. The average Bonchev–Trinajstić information content (AvgIpc) is 3.25. The lowest BCUT2D eigenvalue weighted by atomic mass is 9.66. The Kier molecular flexibility index (Phi) is 7.56. The molecule has 2 amide bonds. The highest BCUT2D eigenvalue weighted by atomic mass is 35.5. The van der Waals surface area contributed by atoms with E-state index in [1.165, 1.54) is 0 Å². The number of hydrogen-bond acceptors (Lipinski definition) is 5. The molecule has 0 aliphatic carbocycles. The number of carbonyl (C=O) groups is 2. The third-order valence-corrected chi connectivity index (χ3v) is 7.50. The Morgan fingerprint density at radius 1 is 1.00 bits per heavy atom. The van der Waals surface area contributed by atoms with E-state index in [4.69, 9.17) is 21.1 Å². The van der Waals surface area contributed by atoms with Crippen LogP contribution < -0.4 is 10.6 Å². The summed E-state index contributed by atoms with van der Waals surface area (Å²) < 4.78 is 11.0. The lowest BCUT2D eigenvalue weighted by Crippen LogP contribution is -2.57. The summed E-state index contributed by atoms with van der Waals surface area (Å²) in [6.07, 6.45) is -0.293. The van der Waals surface area contributed by atoms with Crippen LogP contribution in [-0.4, -0.2) is 42.8 Å². The highest BCUT2D eigenvalue weighted by Gasteiger charge is 2.52. The zero-order valence-electron chi connectivity index (χ0n) is 21.0. The molecule has 5 rings (SSSR count). The maximum absolute atomic E-state index is 13.0. The zero-order chi connectivity index (χ0) is 26.5. The number of anilines is 1. The molecule has 2 N–H and O–H groups in total. The molecule has 2 aliphatic rings. The monoisotopic (exact) mass is 531 g/mol. The van der Waals surface area contributed by atoms with Crippen LogP contribution in [-0.2, 0) is 28.1 Å². The minimum Gasteiger partial charge on any atom is -0.445 e. The molecule has 0 unspecified atom stereocenters. The van der Waals surface area contributed by atoms with E-state index in [-0.39, 0.29) is 25.3 Å². The van der Waals surface area contributed by atoms with E-state index in [9.17, 15) is 9.59 Å². The van der Waals surface area contributed by atoms with Crippen molar-refractivity contribution in [3.8, 4) is 0 Å². The second-order valence-electron chi connectivity index (χ2n) is 9.62. The lowest BCUT2D eigenvalue weighted by molar-refractivity contribution is 0.0867. The van der Waals surface area contributed by atoms with Crippen LogP contribution in [0.5, 0.6) is 0 Å². The normalized spacial score (nSPS) is 19.7. The van der Waals surface area contributed by atoms with Crippen LogP contribution in [0, 0.1) is 0 Å².